The minimum absolute atomic E-state index is 0.0359. The van der Waals surface area contributed by atoms with Crippen molar-refractivity contribution in [3.63, 3.8) is 0 Å². The highest BCUT2D eigenvalue weighted by Gasteiger charge is 2.00. The standard InChI is InChI=1S/C12H13FO/c1-8(10(3)14)6-11-4-5-12(13)7-9(11)2/h4-7H,1-3H3/b8-6+. The van der Waals surface area contributed by atoms with Crippen LogP contribution in [0.15, 0.2) is 23.8 Å². The minimum atomic E-state index is -0.250. The van der Waals surface area contributed by atoms with Crippen LogP contribution in [0.3, 0.4) is 0 Å². The molecular weight excluding hydrogens is 179 g/mol. The Morgan fingerprint density at radius 2 is 2.00 bits per heavy atom. The Labute approximate surface area is 83.3 Å². The van der Waals surface area contributed by atoms with Gasteiger partial charge in [-0.2, -0.15) is 0 Å². The van der Waals surface area contributed by atoms with Gasteiger partial charge in [-0.1, -0.05) is 6.07 Å². The molecule has 1 aromatic carbocycles. The number of ketones is 1. The van der Waals surface area contributed by atoms with Crippen LogP contribution in [0.2, 0.25) is 0 Å². The quantitative estimate of drug-likeness (QED) is 0.658. The van der Waals surface area contributed by atoms with Crippen molar-refractivity contribution in [2.24, 2.45) is 0 Å². The molecule has 0 unspecified atom stereocenters. The molecule has 2 heteroatoms. The molecule has 0 atom stereocenters. The van der Waals surface area contributed by atoms with Gasteiger partial charge in [-0.15, -0.1) is 0 Å². The lowest BCUT2D eigenvalue weighted by atomic mass is 10.0. The Morgan fingerprint density at radius 1 is 1.36 bits per heavy atom. The average molecular weight is 192 g/mol. The van der Waals surface area contributed by atoms with E-state index in [4.69, 9.17) is 0 Å². The van der Waals surface area contributed by atoms with Crippen LogP contribution in [0, 0.1) is 12.7 Å². The summed E-state index contributed by atoms with van der Waals surface area (Å²) in [6.07, 6.45) is 1.77. The molecule has 0 saturated heterocycles. The van der Waals surface area contributed by atoms with E-state index >= 15 is 0 Å². The van der Waals surface area contributed by atoms with Gasteiger partial charge in [-0.25, -0.2) is 4.39 Å². The zero-order chi connectivity index (χ0) is 10.7. The van der Waals surface area contributed by atoms with Crippen molar-refractivity contribution < 1.29 is 9.18 Å². The van der Waals surface area contributed by atoms with E-state index in [1.165, 1.54) is 19.1 Å². The normalized spacial score (nSPS) is 11.6. The number of halogens is 1. The molecule has 0 fully saturated rings. The highest BCUT2D eigenvalue weighted by Crippen LogP contribution is 2.14. The Balaban J connectivity index is 3.09. The Kier molecular flexibility index (Phi) is 3.18. The van der Waals surface area contributed by atoms with E-state index in [1.807, 2.05) is 6.92 Å². The van der Waals surface area contributed by atoms with Crippen LogP contribution in [-0.2, 0) is 4.79 Å². The highest BCUT2D eigenvalue weighted by atomic mass is 19.1. The second-order valence-electron chi connectivity index (χ2n) is 3.38. The maximum absolute atomic E-state index is 12.8. The monoisotopic (exact) mass is 192 g/mol. The molecule has 0 aromatic heterocycles. The minimum Gasteiger partial charge on any atom is -0.295 e. The van der Waals surface area contributed by atoms with Crippen molar-refractivity contribution in [3.05, 3.63) is 40.7 Å². The molecule has 0 spiro atoms. The maximum atomic E-state index is 12.8. The van der Waals surface area contributed by atoms with E-state index in [1.54, 1.807) is 19.1 Å². The SMILES string of the molecule is CC(=O)/C(C)=C/c1ccc(F)cc1C. The summed E-state index contributed by atoms with van der Waals surface area (Å²) in [6, 6.07) is 4.53. The van der Waals surface area contributed by atoms with E-state index in [0.717, 1.165) is 11.1 Å². The molecule has 0 radical (unpaired) electrons. The van der Waals surface area contributed by atoms with E-state index in [9.17, 15) is 9.18 Å². The summed E-state index contributed by atoms with van der Waals surface area (Å²) in [5, 5.41) is 0. The third-order valence-electron chi connectivity index (χ3n) is 2.16. The molecule has 1 nitrogen and oxygen atoms in total. The molecule has 1 aromatic rings. The van der Waals surface area contributed by atoms with Gasteiger partial charge in [0.1, 0.15) is 5.82 Å². The number of carbonyl (C=O) groups excluding carboxylic acids is 1. The zero-order valence-corrected chi connectivity index (χ0v) is 8.60. The maximum Gasteiger partial charge on any atom is 0.155 e. The summed E-state index contributed by atoms with van der Waals surface area (Å²) in [4.78, 5) is 11.0. The second kappa shape index (κ2) is 4.18. The lowest BCUT2D eigenvalue weighted by Crippen LogP contribution is -1.92. The number of hydrogen-bond donors (Lipinski definition) is 0. The fraction of sp³-hybridized carbons (Fsp3) is 0.250. The van der Waals surface area contributed by atoms with Crippen LogP contribution in [0.5, 0.6) is 0 Å². The van der Waals surface area contributed by atoms with Crippen molar-refractivity contribution in [2.75, 3.05) is 0 Å². The first-order valence-electron chi connectivity index (χ1n) is 4.46. The summed E-state index contributed by atoms with van der Waals surface area (Å²) in [7, 11) is 0. The van der Waals surface area contributed by atoms with Gasteiger partial charge in [0.15, 0.2) is 5.78 Å². The van der Waals surface area contributed by atoms with E-state index < -0.39 is 0 Å². The summed E-state index contributed by atoms with van der Waals surface area (Å²) in [5.74, 6) is -0.214. The van der Waals surface area contributed by atoms with Crippen LogP contribution in [0.1, 0.15) is 25.0 Å². The molecule has 0 saturated carbocycles. The predicted molar refractivity (Wildman–Crippen MR) is 55.5 cm³/mol. The Hall–Kier alpha value is -1.44. The summed E-state index contributed by atoms with van der Waals surface area (Å²) < 4.78 is 12.8. The topological polar surface area (TPSA) is 17.1 Å². The van der Waals surface area contributed by atoms with E-state index in [-0.39, 0.29) is 11.6 Å². The van der Waals surface area contributed by atoms with Crippen molar-refractivity contribution in [2.45, 2.75) is 20.8 Å². The van der Waals surface area contributed by atoms with Gasteiger partial charge in [0.05, 0.1) is 0 Å². The average Bonchev–Trinajstić information content (AvgIpc) is 2.09. The number of carbonyl (C=O) groups is 1. The first-order valence-corrected chi connectivity index (χ1v) is 4.46. The van der Waals surface area contributed by atoms with Gasteiger partial charge in [0, 0.05) is 0 Å². The Bertz CT molecular complexity index is 391. The number of rotatable bonds is 2. The largest absolute Gasteiger partial charge is 0.295 e. The fourth-order valence-corrected chi connectivity index (χ4v) is 1.14. The van der Waals surface area contributed by atoms with Crippen molar-refractivity contribution >= 4 is 11.9 Å². The molecule has 0 aliphatic heterocycles. The van der Waals surface area contributed by atoms with Gasteiger partial charge in [0.25, 0.3) is 0 Å². The first kappa shape index (κ1) is 10.6. The Morgan fingerprint density at radius 3 is 2.50 bits per heavy atom. The summed E-state index contributed by atoms with van der Waals surface area (Å²) in [6.45, 7) is 5.10. The zero-order valence-electron chi connectivity index (χ0n) is 8.60. The van der Waals surface area contributed by atoms with Crippen molar-refractivity contribution in [1.82, 2.24) is 0 Å². The molecular formula is C12H13FO. The van der Waals surface area contributed by atoms with Gasteiger partial charge < -0.3 is 0 Å². The number of Topliss-reactive ketones (excluding diaryl/α,β-unsaturated/α-hetero) is 1. The summed E-state index contributed by atoms with van der Waals surface area (Å²) in [5.41, 5.74) is 2.41. The first-order chi connectivity index (χ1) is 6.50. The van der Waals surface area contributed by atoms with Gasteiger partial charge in [-0.3, -0.25) is 4.79 Å². The molecule has 74 valence electrons. The molecule has 0 bridgehead atoms. The molecule has 0 amide bonds. The number of hydrogen-bond acceptors (Lipinski definition) is 1. The molecule has 0 heterocycles. The molecule has 14 heavy (non-hydrogen) atoms. The van der Waals surface area contributed by atoms with Crippen LogP contribution in [-0.4, -0.2) is 5.78 Å². The van der Waals surface area contributed by atoms with Crippen LogP contribution in [0.4, 0.5) is 4.39 Å². The van der Waals surface area contributed by atoms with Crippen LogP contribution >= 0.6 is 0 Å². The van der Waals surface area contributed by atoms with Gasteiger partial charge in [-0.05, 0) is 55.7 Å². The fourth-order valence-electron chi connectivity index (χ4n) is 1.14. The second-order valence-corrected chi connectivity index (χ2v) is 3.38. The number of aryl methyl sites for hydroxylation is 1. The lowest BCUT2D eigenvalue weighted by molar-refractivity contribution is -0.113. The van der Waals surface area contributed by atoms with Crippen molar-refractivity contribution in [3.8, 4) is 0 Å². The molecule has 0 aliphatic rings. The van der Waals surface area contributed by atoms with E-state index in [2.05, 4.69) is 0 Å². The lowest BCUT2D eigenvalue weighted by Gasteiger charge is -2.01. The molecule has 1 rings (SSSR count). The van der Waals surface area contributed by atoms with Gasteiger partial charge >= 0.3 is 0 Å². The van der Waals surface area contributed by atoms with Crippen molar-refractivity contribution in [1.29, 1.82) is 0 Å². The number of allylic oxidation sites excluding steroid dienone is 1. The molecule has 0 aliphatic carbocycles. The predicted octanol–water partition coefficient (Wildman–Crippen LogP) is 3.13. The van der Waals surface area contributed by atoms with E-state index in [0.29, 0.717) is 5.57 Å². The third kappa shape index (κ3) is 2.52. The smallest absolute Gasteiger partial charge is 0.155 e. The molecule has 0 N–H and O–H groups in total. The van der Waals surface area contributed by atoms with Crippen LogP contribution < -0.4 is 0 Å². The van der Waals surface area contributed by atoms with Gasteiger partial charge in [0.2, 0.25) is 0 Å². The summed E-state index contributed by atoms with van der Waals surface area (Å²) >= 11 is 0. The third-order valence-corrected chi connectivity index (χ3v) is 2.16. The number of benzene rings is 1. The highest BCUT2D eigenvalue weighted by molar-refractivity contribution is 5.97. The van der Waals surface area contributed by atoms with Crippen LogP contribution in [0.25, 0.3) is 6.08 Å².